The van der Waals surface area contributed by atoms with Gasteiger partial charge in [-0.05, 0) is 30.0 Å². The molecule has 2 N–H and O–H groups in total. The third kappa shape index (κ3) is 5.42. The van der Waals surface area contributed by atoms with E-state index in [-0.39, 0.29) is 24.3 Å². The molecular weight excluding hydrogens is 486 g/mol. The maximum absolute atomic E-state index is 13.4. The number of rotatable bonds is 7. The van der Waals surface area contributed by atoms with Crippen molar-refractivity contribution in [3.05, 3.63) is 86.9 Å². The van der Waals surface area contributed by atoms with Gasteiger partial charge in [0.05, 0.1) is 16.6 Å². The number of hydrogen-bond donors (Lipinski definition) is 2. The number of thiazole rings is 1. The zero-order chi connectivity index (χ0) is 25.9. The summed E-state index contributed by atoms with van der Waals surface area (Å²) in [5.74, 6) is -1.14. The topological polar surface area (TPSA) is 94.6 Å². The molecule has 2 aliphatic rings. The van der Waals surface area contributed by atoms with E-state index in [0.717, 1.165) is 34.7 Å². The van der Waals surface area contributed by atoms with Crippen LogP contribution in [0.4, 0.5) is 0 Å². The highest BCUT2D eigenvalue weighted by Crippen LogP contribution is 2.30. The molecule has 2 aromatic carbocycles. The number of carbonyl (C=O) groups excluding carboxylic acids is 3. The zero-order valence-corrected chi connectivity index (χ0v) is 21.9. The van der Waals surface area contributed by atoms with Crippen molar-refractivity contribution in [2.24, 2.45) is 5.92 Å². The molecule has 1 aromatic heterocycles. The minimum absolute atomic E-state index is 0.113. The van der Waals surface area contributed by atoms with Crippen LogP contribution in [0.3, 0.4) is 0 Å². The van der Waals surface area contributed by atoms with Crippen molar-refractivity contribution in [3.63, 3.8) is 0 Å². The molecule has 0 spiro atoms. The van der Waals surface area contributed by atoms with Gasteiger partial charge >= 0.3 is 0 Å². The third-order valence-corrected chi connectivity index (χ3v) is 8.05. The number of hydrazine groups is 1. The van der Waals surface area contributed by atoms with Gasteiger partial charge in [0, 0.05) is 32.6 Å². The quantitative estimate of drug-likeness (QED) is 0.502. The molecule has 8 nitrogen and oxygen atoms in total. The Morgan fingerprint density at radius 2 is 1.86 bits per heavy atom. The fourth-order valence-corrected chi connectivity index (χ4v) is 5.88. The average Bonchev–Trinajstić information content (AvgIpc) is 3.49. The molecule has 9 heteroatoms. The molecule has 5 rings (SSSR count). The maximum Gasteiger partial charge on any atom is 0.264 e. The van der Waals surface area contributed by atoms with Crippen LogP contribution >= 0.6 is 11.3 Å². The first-order chi connectivity index (χ1) is 17.9. The summed E-state index contributed by atoms with van der Waals surface area (Å²) in [4.78, 5) is 44.5. The summed E-state index contributed by atoms with van der Waals surface area (Å²) >= 11 is 1.38. The molecule has 1 fully saturated rings. The largest absolute Gasteiger partial charge is 0.350 e. The molecule has 3 aromatic rings. The summed E-state index contributed by atoms with van der Waals surface area (Å²) in [6, 6.07) is 17.0. The van der Waals surface area contributed by atoms with Crippen molar-refractivity contribution < 1.29 is 14.4 Å². The van der Waals surface area contributed by atoms with E-state index >= 15 is 0 Å². The number of nitrogens with zero attached hydrogens (tertiary/aromatic N) is 3. The van der Waals surface area contributed by atoms with Crippen LogP contribution in [-0.2, 0) is 22.6 Å². The lowest BCUT2D eigenvalue weighted by Gasteiger charge is -2.28. The van der Waals surface area contributed by atoms with Crippen LogP contribution in [0.5, 0.6) is 0 Å². The number of carbonyl (C=O) groups is 3. The predicted molar refractivity (Wildman–Crippen MR) is 142 cm³/mol. The standard InChI is InChI=1S/C28H31N5O3S/c1-18(16-29-27(35)25-19(2)30-23(37-25)15-20-9-4-3-5-10-20)26(34)31-24-22-12-7-6-11-21(22)17-32-13-8-14-33(32)28(24)36/h3-7,9-12,18,24H,8,13-17H2,1-2H3,(H,29,35)(H,31,34)/t18-,24+/m1/s1. The van der Waals surface area contributed by atoms with Crippen molar-refractivity contribution in [2.45, 2.75) is 39.3 Å². The van der Waals surface area contributed by atoms with Crippen molar-refractivity contribution >= 4 is 29.1 Å². The van der Waals surface area contributed by atoms with Crippen molar-refractivity contribution in [1.82, 2.24) is 25.6 Å². The molecule has 0 bridgehead atoms. The Bertz CT molecular complexity index is 1310. The highest BCUT2D eigenvalue weighted by molar-refractivity contribution is 7.13. The fraction of sp³-hybridized carbons (Fsp3) is 0.357. The van der Waals surface area contributed by atoms with Crippen LogP contribution < -0.4 is 10.6 Å². The van der Waals surface area contributed by atoms with Gasteiger partial charge in [-0.15, -0.1) is 11.3 Å². The Morgan fingerprint density at radius 1 is 1.11 bits per heavy atom. The van der Waals surface area contributed by atoms with E-state index in [1.807, 2.05) is 61.5 Å². The van der Waals surface area contributed by atoms with Gasteiger partial charge in [0.15, 0.2) is 0 Å². The van der Waals surface area contributed by atoms with Crippen LogP contribution in [0.25, 0.3) is 0 Å². The first-order valence-corrected chi connectivity index (χ1v) is 13.4. The molecule has 2 atom stereocenters. The Balaban J connectivity index is 1.22. The lowest BCUT2D eigenvalue weighted by atomic mass is 9.99. The number of amides is 3. The van der Waals surface area contributed by atoms with Crippen LogP contribution in [0, 0.1) is 12.8 Å². The second kappa shape index (κ2) is 10.8. The van der Waals surface area contributed by atoms with E-state index in [1.54, 1.807) is 11.9 Å². The Labute approximate surface area is 220 Å². The number of aromatic nitrogens is 1. The number of aryl methyl sites for hydroxylation is 1. The summed E-state index contributed by atoms with van der Waals surface area (Å²) in [5.41, 5.74) is 3.69. The fourth-order valence-electron chi connectivity index (χ4n) is 4.87. The molecule has 2 aliphatic heterocycles. The molecular formula is C28H31N5O3S. The summed E-state index contributed by atoms with van der Waals surface area (Å²) in [6.45, 7) is 5.88. The van der Waals surface area contributed by atoms with E-state index in [2.05, 4.69) is 20.6 Å². The summed E-state index contributed by atoms with van der Waals surface area (Å²) in [7, 11) is 0. The molecule has 37 heavy (non-hydrogen) atoms. The Hall–Kier alpha value is -3.56. The second-order valence-electron chi connectivity index (χ2n) is 9.64. The number of nitrogens with one attached hydrogen (secondary N) is 2. The van der Waals surface area contributed by atoms with E-state index in [9.17, 15) is 14.4 Å². The SMILES string of the molecule is Cc1nc(Cc2ccccc2)sc1C(=O)NC[C@@H](C)C(=O)N[C@@H]1C(=O)N2CCCN2Cc2ccccc21. The number of hydrogen-bond acceptors (Lipinski definition) is 6. The molecule has 0 radical (unpaired) electrons. The molecule has 3 amide bonds. The monoisotopic (exact) mass is 517 g/mol. The highest BCUT2D eigenvalue weighted by atomic mass is 32.1. The van der Waals surface area contributed by atoms with Gasteiger partial charge in [-0.1, -0.05) is 61.5 Å². The first-order valence-electron chi connectivity index (χ1n) is 12.6. The average molecular weight is 518 g/mol. The lowest BCUT2D eigenvalue weighted by molar-refractivity contribution is -0.148. The van der Waals surface area contributed by atoms with E-state index < -0.39 is 12.0 Å². The predicted octanol–water partition coefficient (Wildman–Crippen LogP) is 3.23. The molecule has 1 saturated heterocycles. The minimum Gasteiger partial charge on any atom is -0.350 e. The number of fused-ring (bicyclic) bond motifs is 2. The minimum atomic E-state index is -0.741. The van der Waals surface area contributed by atoms with Gasteiger partial charge < -0.3 is 10.6 Å². The molecule has 0 saturated carbocycles. The summed E-state index contributed by atoms with van der Waals surface area (Å²) < 4.78 is 0. The summed E-state index contributed by atoms with van der Waals surface area (Å²) in [6.07, 6.45) is 1.59. The van der Waals surface area contributed by atoms with Crippen LogP contribution in [0.2, 0.25) is 0 Å². The van der Waals surface area contributed by atoms with Crippen molar-refractivity contribution in [1.29, 1.82) is 0 Å². The van der Waals surface area contributed by atoms with Crippen molar-refractivity contribution in [2.75, 3.05) is 19.6 Å². The first kappa shape index (κ1) is 25.1. The normalized spacial score (nSPS) is 18.1. The van der Waals surface area contributed by atoms with Gasteiger partial charge in [-0.2, -0.15) is 0 Å². The van der Waals surface area contributed by atoms with E-state index in [4.69, 9.17) is 0 Å². The Morgan fingerprint density at radius 3 is 2.68 bits per heavy atom. The summed E-state index contributed by atoms with van der Waals surface area (Å²) in [5, 5.41) is 10.5. The van der Waals surface area contributed by atoms with Crippen molar-refractivity contribution in [3.8, 4) is 0 Å². The van der Waals surface area contributed by atoms with Gasteiger partial charge in [-0.25, -0.2) is 9.99 Å². The van der Waals surface area contributed by atoms with Crippen LogP contribution in [0.15, 0.2) is 54.6 Å². The van der Waals surface area contributed by atoms with E-state index in [0.29, 0.717) is 30.1 Å². The second-order valence-corrected chi connectivity index (χ2v) is 10.7. The molecule has 0 unspecified atom stereocenters. The Kier molecular flexibility index (Phi) is 7.34. The zero-order valence-electron chi connectivity index (χ0n) is 21.1. The van der Waals surface area contributed by atoms with Gasteiger partial charge in [-0.3, -0.25) is 19.4 Å². The maximum atomic E-state index is 13.4. The van der Waals surface area contributed by atoms with Gasteiger partial charge in [0.2, 0.25) is 5.91 Å². The molecule has 192 valence electrons. The lowest BCUT2D eigenvalue weighted by Crippen LogP contribution is -2.47. The van der Waals surface area contributed by atoms with Gasteiger partial charge in [0.1, 0.15) is 10.9 Å². The van der Waals surface area contributed by atoms with E-state index in [1.165, 1.54) is 11.3 Å². The smallest absolute Gasteiger partial charge is 0.264 e. The number of benzene rings is 2. The third-order valence-electron chi connectivity index (χ3n) is 6.90. The highest BCUT2D eigenvalue weighted by Gasteiger charge is 2.38. The van der Waals surface area contributed by atoms with Crippen LogP contribution in [0.1, 0.15) is 56.4 Å². The molecule has 0 aliphatic carbocycles. The van der Waals surface area contributed by atoms with Crippen LogP contribution in [-0.4, -0.2) is 52.4 Å². The van der Waals surface area contributed by atoms with Gasteiger partial charge in [0.25, 0.3) is 11.8 Å². The molecule has 3 heterocycles.